The van der Waals surface area contributed by atoms with Gasteiger partial charge in [0.25, 0.3) is 0 Å². The highest BCUT2D eigenvalue weighted by Gasteiger charge is 2.17. The van der Waals surface area contributed by atoms with E-state index in [-0.39, 0.29) is 0 Å². The van der Waals surface area contributed by atoms with E-state index in [0.29, 0.717) is 17.5 Å². The van der Waals surface area contributed by atoms with E-state index < -0.39 is 8.07 Å². The first kappa shape index (κ1) is 32.9. The molecule has 0 radical (unpaired) electrons. The molecule has 8 rings (SSSR count). The summed E-state index contributed by atoms with van der Waals surface area (Å²) in [6.07, 6.45) is 0. The molecule has 0 saturated heterocycles. The second kappa shape index (κ2) is 14.2. The molecule has 0 aliphatic rings. The van der Waals surface area contributed by atoms with Crippen LogP contribution in [0.1, 0.15) is 0 Å². The minimum atomic E-state index is -1.38. The molecule has 3 nitrogen and oxygen atoms in total. The summed E-state index contributed by atoms with van der Waals surface area (Å²) in [5.74, 6) is 1.94. The number of nitrogens with zero attached hydrogens (tertiary/aromatic N) is 3. The van der Waals surface area contributed by atoms with E-state index in [1.807, 2.05) is 30.3 Å². The summed E-state index contributed by atoms with van der Waals surface area (Å²) in [6.45, 7) is 7.14. The van der Waals surface area contributed by atoms with E-state index in [2.05, 4.69) is 171 Å². The van der Waals surface area contributed by atoms with Crippen molar-refractivity contribution in [3.8, 4) is 78.7 Å². The number of aromatic nitrogens is 3. The van der Waals surface area contributed by atoms with Gasteiger partial charge in [-0.25, -0.2) is 15.0 Å². The highest BCUT2D eigenvalue weighted by atomic mass is 28.3. The minimum Gasteiger partial charge on any atom is -0.208 e. The van der Waals surface area contributed by atoms with Gasteiger partial charge in [-0.15, -0.1) is 0 Å². The zero-order chi connectivity index (χ0) is 35.5. The Balaban J connectivity index is 1.17. The predicted octanol–water partition coefficient (Wildman–Crippen LogP) is 12.1. The Morgan fingerprint density at radius 3 is 0.962 bits per heavy atom. The molecule has 0 aliphatic carbocycles. The zero-order valence-electron chi connectivity index (χ0n) is 29.7. The van der Waals surface area contributed by atoms with Gasteiger partial charge in [0, 0.05) is 16.7 Å². The number of benzene rings is 7. The lowest BCUT2D eigenvalue weighted by molar-refractivity contribution is 1.07. The van der Waals surface area contributed by atoms with Gasteiger partial charge in [0.15, 0.2) is 17.5 Å². The summed E-state index contributed by atoms with van der Waals surface area (Å²) >= 11 is 0. The predicted molar refractivity (Wildman–Crippen MR) is 221 cm³/mol. The van der Waals surface area contributed by atoms with E-state index >= 15 is 0 Å². The molecule has 0 atom stereocenters. The molecule has 4 heteroatoms. The molecule has 250 valence electrons. The summed E-state index contributed by atoms with van der Waals surface area (Å²) in [6, 6.07) is 64.2. The molecule has 0 bridgehead atoms. The smallest absolute Gasteiger partial charge is 0.164 e. The lowest BCUT2D eigenvalue weighted by Gasteiger charge is -2.17. The fourth-order valence-corrected chi connectivity index (χ4v) is 7.74. The summed E-state index contributed by atoms with van der Waals surface area (Å²) < 4.78 is 0. The van der Waals surface area contributed by atoms with Crippen molar-refractivity contribution in [2.75, 3.05) is 0 Å². The monoisotopic (exact) mass is 685 g/mol. The van der Waals surface area contributed by atoms with Crippen LogP contribution in [0.5, 0.6) is 0 Å². The number of hydrogen-bond donors (Lipinski definition) is 0. The van der Waals surface area contributed by atoms with Gasteiger partial charge >= 0.3 is 0 Å². The average Bonchev–Trinajstić information content (AvgIpc) is 3.21. The lowest BCUT2D eigenvalue weighted by atomic mass is 9.95. The van der Waals surface area contributed by atoms with Crippen molar-refractivity contribution >= 4 is 13.3 Å². The van der Waals surface area contributed by atoms with E-state index in [4.69, 9.17) is 15.0 Å². The fraction of sp³-hybridized carbons (Fsp3) is 0.0625. The number of rotatable bonds is 8. The molecule has 0 saturated carbocycles. The molecular weight excluding hydrogens is 647 g/mol. The van der Waals surface area contributed by atoms with Gasteiger partial charge in [-0.1, -0.05) is 183 Å². The topological polar surface area (TPSA) is 38.7 Å². The van der Waals surface area contributed by atoms with Crippen LogP contribution in [0, 0.1) is 0 Å². The van der Waals surface area contributed by atoms with Gasteiger partial charge < -0.3 is 0 Å². The van der Waals surface area contributed by atoms with Crippen molar-refractivity contribution in [1.82, 2.24) is 15.0 Å². The van der Waals surface area contributed by atoms with E-state index in [0.717, 1.165) is 33.4 Å². The van der Waals surface area contributed by atoms with Crippen LogP contribution in [-0.4, -0.2) is 23.0 Å². The molecule has 0 amide bonds. The van der Waals surface area contributed by atoms with Crippen molar-refractivity contribution in [2.45, 2.75) is 19.6 Å². The standard InChI is InChI=1S/C48H39N3Si/c1-52(2,3)45-28-26-35(27-29-45)38-19-12-24-43(32-38)47-49-46(36-16-8-5-9-17-36)50-48(51-47)44-25-13-23-42(33-44)41-22-11-21-40(31-41)39-20-10-18-37(30-39)34-14-6-4-7-15-34/h4-33H,1-3H3. The van der Waals surface area contributed by atoms with Crippen molar-refractivity contribution in [2.24, 2.45) is 0 Å². The maximum absolute atomic E-state index is 5.10. The molecule has 8 aromatic rings. The van der Waals surface area contributed by atoms with Gasteiger partial charge in [-0.3, -0.25) is 0 Å². The van der Waals surface area contributed by atoms with Crippen molar-refractivity contribution < 1.29 is 0 Å². The highest BCUT2D eigenvalue weighted by molar-refractivity contribution is 6.88. The molecule has 0 aliphatic heterocycles. The summed E-state index contributed by atoms with van der Waals surface area (Å²) in [7, 11) is -1.38. The second-order valence-corrected chi connectivity index (χ2v) is 19.3. The normalized spacial score (nSPS) is 11.4. The molecule has 0 spiro atoms. The Morgan fingerprint density at radius 1 is 0.269 bits per heavy atom. The molecule has 0 unspecified atom stereocenters. The molecule has 1 heterocycles. The quantitative estimate of drug-likeness (QED) is 0.149. The van der Waals surface area contributed by atoms with Crippen LogP contribution >= 0.6 is 0 Å². The van der Waals surface area contributed by atoms with Gasteiger partial charge in [0.05, 0.1) is 8.07 Å². The Morgan fingerprint density at radius 2 is 0.558 bits per heavy atom. The Hall–Kier alpha value is -6.23. The molecule has 7 aromatic carbocycles. The maximum Gasteiger partial charge on any atom is 0.164 e. The van der Waals surface area contributed by atoms with Gasteiger partial charge in [0.2, 0.25) is 0 Å². The maximum atomic E-state index is 5.10. The first-order chi connectivity index (χ1) is 25.4. The third kappa shape index (κ3) is 7.16. The lowest BCUT2D eigenvalue weighted by Crippen LogP contribution is -2.37. The van der Waals surface area contributed by atoms with E-state index in [9.17, 15) is 0 Å². The van der Waals surface area contributed by atoms with Crippen LogP contribution in [0.15, 0.2) is 182 Å². The van der Waals surface area contributed by atoms with Gasteiger partial charge in [0.1, 0.15) is 0 Å². The largest absolute Gasteiger partial charge is 0.208 e. The highest BCUT2D eigenvalue weighted by Crippen LogP contribution is 2.33. The summed E-state index contributed by atoms with van der Waals surface area (Å²) in [5, 5.41) is 1.45. The number of hydrogen-bond acceptors (Lipinski definition) is 3. The molecule has 0 N–H and O–H groups in total. The van der Waals surface area contributed by atoms with Crippen LogP contribution in [0.3, 0.4) is 0 Å². The SMILES string of the molecule is C[Si](C)(C)c1ccc(-c2cccc(-c3nc(-c4ccccc4)nc(-c4cccc(-c5cccc(-c6cccc(-c7ccccc7)c6)c5)c4)n3)c2)cc1. The summed E-state index contributed by atoms with van der Waals surface area (Å²) in [4.78, 5) is 15.2. The fourth-order valence-electron chi connectivity index (χ4n) is 6.58. The molecule has 52 heavy (non-hydrogen) atoms. The first-order valence-corrected chi connectivity index (χ1v) is 21.3. The van der Waals surface area contributed by atoms with Crippen molar-refractivity contribution in [1.29, 1.82) is 0 Å². The van der Waals surface area contributed by atoms with Gasteiger partial charge in [-0.2, -0.15) is 0 Å². The second-order valence-electron chi connectivity index (χ2n) is 14.2. The Bertz CT molecular complexity index is 2480. The van der Waals surface area contributed by atoms with Crippen LogP contribution in [0.4, 0.5) is 0 Å². The minimum absolute atomic E-state index is 0.641. The Kier molecular flexibility index (Phi) is 8.98. The van der Waals surface area contributed by atoms with E-state index in [1.54, 1.807) is 0 Å². The zero-order valence-corrected chi connectivity index (χ0v) is 30.7. The third-order valence-corrected chi connectivity index (χ3v) is 11.6. The van der Waals surface area contributed by atoms with Crippen LogP contribution in [-0.2, 0) is 0 Å². The first-order valence-electron chi connectivity index (χ1n) is 17.8. The average molecular weight is 686 g/mol. The van der Waals surface area contributed by atoms with Crippen LogP contribution in [0.2, 0.25) is 19.6 Å². The van der Waals surface area contributed by atoms with Gasteiger partial charge in [-0.05, 0) is 68.8 Å². The summed E-state index contributed by atoms with van der Waals surface area (Å²) in [5.41, 5.74) is 12.2. The van der Waals surface area contributed by atoms with E-state index in [1.165, 1.54) is 33.0 Å². The van der Waals surface area contributed by atoms with Crippen molar-refractivity contribution in [3.63, 3.8) is 0 Å². The van der Waals surface area contributed by atoms with Crippen molar-refractivity contribution in [3.05, 3.63) is 182 Å². The van der Waals surface area contributed by atoms with Crippen LogP contribution in [0.25, 0.3) is 78.7 Å². The molecular formula is C48H39N3Si. The van der Waals surface area contributed by atoms with Crippen LogP contribution < -0.4 is 5.19 Å². The molecule has 0 fully saturated rings. The third-order valence-electron chi connectivity index (χ3n) is 9.49. The molecule has 1 aromatic heterocycles. The Labute approximate surface area is 307 Å².